The van der Waals surface area contributed by atoms with Crippen LogP contribution in [-0.2, 0) is 17.9 Å². The van der Waals surface area contributed by atoms with Crippen LogP contribution in [0.25, 0.3) is 0 Å². The molecule has 2 rings (SSSR count). The third kappa shape index (κ3) is 4.34. The molecule has 120 valence electrons. The fourth-order valence-electron chi connectivity index (χ4n) is 2.09. The molecule has 0 radical (unpaired) electrons. The van der Waals surface area contributed by atoms with Crippen LogP contribution < -0.4 is 4.90 Å². The first-order chi connectivity index (χ1) is 10.3. The van der Waals surface area contributed by atoms with E-state index < -0.39 is 0 Å². The Morgan fingerprint density at radius 3 is 2.68 bits per heavy atom. The van der Waals surface area contributed by atoms with Crippen molar-refractivity contribution in [2.24, 2.45) is 5.41 Å². The second-order valence-electron chi connectivity index (χ2n) is 6.42. The number of hydrogen-bond donors (Lipinski definition) is 0. The lowest BCUT2D eigenvalue weighted by Crippen LogP contribution is -2.31. The van der Waals surface area contributed by atoms with E-state index in [4.69, 9.17) is 16.0 Å². The van der Waals surface area contributed by atoms with Crippen LogP contribution in [0.5, 0.6) is 0 Å². The number of aromatic nitrogens is 3. The molecule has 22 heavy (non-hydrogen) atoms. The lowest BCUT2D eigenvalue weighted by Gasteiger charge is -2.19. The number of amides is 1. The van der Waals surface area contributed by atoms with Crippen LogP contribution in [0.1, 0.15) is 32.4 Å². The van der Waals surface area contributed by atoms with Crippen molar-refractivity contribution in [3.05, 3.63) is 30.2 Å². The van der Waals surface area contributed by atoms with E-state index >= 15 is 0 Å². The standard InChI is InChI=1S/C15H21ClN4O2/c1-11-17-7-13(22-11)9-20(14(21)5-16)12-6-18-19(8-12)10-15(2,3)4/h6-8H,5,9-10H2,1-4H3. The summed E-state index contributed by atoms with van der Waals surface area (Å²) in [5.41, 5.74) is 0.802. The first-order valence-corrected chi connectivity index (χ1v) is 7.62. The summed E-state index contributed by atoms with van der Waals surface area (Å²) < 4.78 is 7.27. The van der Waals surface area contributed by atoms with Crippen LogP contribution in [0.3, 0.4) is 0 Å². The Bertz CT molecular complexity index is 642. The summed E-state index contributed by atoms with van der Waals surface area (Å²) in [4.78, 5) is 17.7. The van der Waals surface area contributed by atoms with E-state index in [1.807, 2.05) is 10.9 Å². The highest BCUT2D eigenvalue weighted by molar-refractivity contribution is 6.29. The van der Waals surface area contributed by atoms with Gasteiger partial charge in [-0.25, -0.2) is 4.98 Å². The Kier molecular flexibility index (Phi) is 4.90. The molecule has 7 heteroatoms. The maximum atomic E-state index is 12.1. The average Bonchev–Trinajstić information content (AvgIpc) is 3.02. The van der Waals surface area contributed by atoms with E-state index in [0.29, 0.717) is 17.3 Å². The van der Waals surface area contributed by atoms with Crippen LogP contribution in [0.4, 0.5) is 5.69 Å². The molecule has 0 saturated carbocycles. The largest absolute Gasteiger partial charge is 0.444 e. The van der Waals surface area contributed by atoms with Gasteiger partial charge < -0.3 is 9.32 Å². The molecule has 0 aromatic carbocycles. The van der Waals surface area contributed by atoms with Gasteiger partial charge in [0.05, 0.1) is 24.6 Å². The number of carbonyl (C=O) groups is 1. The second-order valence-corrected chi connectivity index (χ2v) is 6.68. The number of alkyl halides is 1. The summed E-state index contributed by atoms with van der Waals surface area (Å²) in [6, 6.07) is 0. The summed E-state index contributed by atoms with van der Waals surface area (Å²) >= 11 is 5.72. The molecule has 2 aromatic rings. The van der Waals surface area contributed by atoms with Crippen molar-refractivity contribution in [1.82, 2.24) is 14.8 Å². The molecule has 0 spiro atoms. The Morgan fingerprint density at radius 1 is 1.41 bits per heavy atom. The van der Waals surface area contributed by atoms with E-state index in [-0.39, 0.29) is 23.7 Å². The van der Waals surface area contributed by atoms with E-state index in [0.717, 1.165) is 6.54 Å². The van der Waals surface area contributed by atoms with Gasteiger partial charge in [0.25, 0.3) is 0 Å². The van der Waals surface area contributed by atoms with Gasteiger partial charge in [0.1, 0.15) is 11.6 Å². The van der Waals surface area contributed by atoms with Gasteiger partial charge in [-0.3, -0.25) is 9.48 Å². The highest BCUT2D eigenvalue weighted by Gasteiger charge is 2.20. The second kappa shape index (κ2) is 6.52. The zero-order valence-corrected chi connectivity index (χ0v) is 14.1. The van der Waals surface area contributed by atoms with Gasteiger partial charge in [-0.2, -0.15) is 5.10 Å². The highest BCUT2D eigenvalue weighted by atomic mass is 35.5. The molecular formula is C15H21ClN4O2. The normalized spacial score (nSPS) is 11.7. The SMILES string of the molecule is Cc1ncc(CN(C(=O)CCl)c2cnn(CC(C)(C)C)c2)o1. The van der Waals surface area contributed by atoms with Crippen molar-refractivity contribution in [1.29, 1.82) is 0 Å². The van der Waals surface area contributed by atoms with E-state index in [9.17, 15) is 4.79 Å². The minimum atomic E-state index is -0.203. The fraction of sp³-hybridized carbons (Fsp3) is 0.533. The van der Waals surface area contributed by atoms with E-state index in [1.54, 1.807) is 24.2 Å². The smallest absolute Gasteiger partial charge is 0.242 e. The number of hydrogen-bond acceptors (Lipinski definition) is 4. The Balaban J connectivity index is 2.20. The highest BCUT2D eigenvalue weighted by Crippen LogP contribution is 2.21. The molecule has 0 fully saturated rings. The lowest BCUT2D eigenvalue weighted by atomic mass is 9.97. The monoisotopic (exact) mass is 324 g/mol. The van der Waals surface area contributed by atoms with Gasteiger partial charge in [0, 0.05) is 19.7 Å². The maximum absolute atomic E-state index is 12.1. The predicted molar refractivity (Wildman–Crippen MR) is 84.8 cm³/mol. The predicted octanol–water partition coefficient (Wildman–Crippen LogP) is 3.00. The van der Waals surface area contributed by atoms with Gasteiger partial charge in [-0.05, 0) is 5.41 Å². The summed E-state index contributed by atoms with van der Waals surface area (Å²) in [6.45, 7) is 9.21. The molecule has 0 bridgehead atoms. The first kappa shape index (κ1) is 16.5. The number of carbonyl (C=O) groups excluding carboxylic acids is 1. The zero-order chi connectivity index (χ0) is 16.3. The molecule has 6 nitrogen and oxygen atoms in total. The summed E-state index contributed by atoms with van der Waals surface area (Å²) in [5, 5.41) is 4.32. The van der Waals surface area contributed by atoms with Crippen LogP contribution in [0, 0.1) is 12.3 Å². The van der Waals surface area contributed by atoms with Crippen LogP contribution in [0.15, 0.2) is 23.0 Å². The number of halogens is 1. The molecule has 0 aliphatic rings. The molecule has 2 aromatic heterocycles. The third-order valence-corrected chi connectivity index (χ3v) is 3.19. The quantitative estimate of drug-likeness (QED) is 0.793. The molecule has 1 amide bonds. The maximum Gasteiger partial charge on any atom is 0.242 e. The number of anilines is 1. The first-order valence-electron chi connectivity index (χ1n) is 7.08. The summed E-state index contributed by atoms with van der Waals surface area (Å²) in [5.74, 6) is 0.875. The topological polar surface area (TPSA) is 64.2 Å². The van der Waals surface area contributed by atoms with Crippen molar-refractivity contribution in [2.45, 2.75) is 40.8 Å². The minimum Gasteiger partial charge on any atom is -0.444 e. The molecule has 0 saturated heterocycles. The van der Waals surface area contributed by atoms with Gasteiger partial charge in [0.15, 0.2) is 5.89 Å². The van der Waals surface area contributed by atoms with Crippen LogP contribution in [-0.4, -0.2) is 26.6 Å². The molecule has 2 heterocycles. The molecule has 0 aliphatic carbocycles. The lowest BCUT2D eigenvalue weighted by molar-refractivity contribution is -0.116. The Morgan fingerprint density at radius 2 is 2.14 bits per heavy atom. The summed E-state index contributed by atoms with van der Waals surface area (Å²) in [7, 11) is 0. The van der Waals surface area contributed by atoms with Gasteiger partial charge in [-0.15, -0.1) is 11.6 Å². The number of aryl methyl sites for hydroxylation is 1. The van der Waals surface area contributed by atoms with Gasteiger partial charge >= 0.3 is 0 Å². The van der Waals surface area contributed by atoms with Gasteiger partial charge in [-0.1, -0.05) is 20.8 Å². The van der Waals surface area contributed by atoms with Crippen LogP contribution >= 0.6 is 11.6 Å². The van der Waals surface area contributed by atoms with Crippen molar-refractivity contribution in [3.63, 3.8) is 0 Å². The number of oxazole rings is 1. The molecule has 0 aliphatic heterocycles. The zero-order valence-electron chi connectivity index (χ0n) is 13.3. The van der Waals surface area contributed by atoms with Gasteiger partial charge in [0.2, 0.25) is 5.91 Å². The summed E-state index contributed by atoms with van der Waals surface area (Å²) in [6.07, 6.45) is 5.13. The van der Waals surface area contributed by atoms with Crippen molar-refractivity contribution in [2.75, 3.05) is 10.8 Å². The van der Waals surface area contributed by atoms with Crippen molar-refractivity contribution < 1.29 is 9.21 Å². The molecule has 0 unspecified atom stereocenters. The fourth-order valence-corrected chi connectivity index (χ4v) is 2.24. The van der Waals surface area contributed by atoms with Crippen molar-refractivity contribution in [3.8, 4) is 0 Å². The minimum absolute atomic E-state index is 0.0996. The average molecular weight is 325 g/mol. The molecule has 0 N–H and O–H groups in total. The van der Waals surface area contributed by atoms with Crippen LogP contribution in [0.2, 0.25) is 0 Å². The Hall–Kier alpha value is -1.82. The molecule has 0 atom stereocenters. The van der Waals surface area contributed by atoms with Crippen molar-refractivity contribution >= 4 is 23.2 Å². The van der Waals surface area contributed by atoms with E-state index in [1.165, 1.54) is 0 Å². The third-order valence-electron chi connectivity index (χ3n) is 2.97. The number of rotatable bonds is 5. The Labute approximate surface area is 135 Å². The molecular weight excluding hydrogens is 304 g/mol. The number of nitrogens with zero attached hydrogens (tertiary/aromatic N) is 4. The van der Waals surface area contributed by atoms with E-state index in [2.05, 4.69) is 30.9 Å².